The van der Waals surface area contributed by atoms with Crippen LogP contribution in [0.25, 0.3) is 0 Å². The van der Waals surface area contributed by atoms with Gasteiger partial charge in [0.2, 0.25) is 21.9 Å². The van der Waals surface area contributed by atoms with Gasteiger partial charge in [-0.15, -0.1) is 0 Å². The summed E-state index contributed by atoms with van der Waals surface area (Å²) in [5, 5.41) is 3.30. The average Bonchev–Trinajstić information content (AvgIpc) is 3.43. The predicted molar refractivity (Wildman–Crippen MR) is 128 cm³/mol. The number of carbonyl (C=O) groups is 1. The van der Waals surface area contributed by atoms with Crippen LogP contribution in [0.4, 0.5) is 5.95 Å². The van der Waals surface area contributed by atoms with Crippen molar-refractivity contribution < 1.29 is 32.2 Å². The number of hydrogen-bond acceptors (Lipinski definition) is 10. The zero-order chi connectivity index (χ0) is 25.3. The third-order valence-corrected chi connectivity index (χ3v) is 8.74. The SMILES string of the molecule is CC(=O)O[C@H]1CO[C@H]2[C@@H]1OC[C@@H]2Oc1ccnc(NC2CCN(S(=O)(=O)c3ccccc3C)CC2)n1. The molecule has 2 aromatic rings. The lowest BCUT2D eigenvalue weighted by atomic mass is 10.1. The Kier molecular flexibility index (Phi) is 7.11. The Morgan fingerprint density at radius 2 is 1.78 bits per heavy atom. The lowest BCUT2D eigenvalue weighted by molar-refractivity contribution is -0.150. The first-order chi connectivity index (χ1) is 17.3. The Labute approximate surface area is 210 Å². The second-order valence-corrected chi connectivity index (χ2v) is 11.1. The van der Waals surface area contributed by atoms with Gasteiger partial charge in [-0.3, -0.25) is 4.79 Å². The zero-order valence-corrected chi connectivity index (χ0v) is 21.0. The second kappa shape index (κ2) is 10.3. The number of sulfonamides is 1. The number of nitrogens with one attached hydrogen (secondary N) is 1. The predicted octanol–water partition coefficient (Wildman–Crippen LogP) is 1.53. The summed E-state index contributed by atoms with van der Waals surface area (Å²) in [7, 11) is -3.52. The molecule has 36 heavy (non-hydrogen) atoms. The minimum Gasteiger partial charge on any atom is -0.469 e. The van der Waals surface area contributed by atoms with E-state index in [4.69, 9.17) is 18.9 Å². The third-order valence-electron chi connectivity index (χ3n) is 6.68. The fraction of sp³-hybridized carbons (Fsp3) is 0.542. The van der Waals surface area contributed by atoms with E-state index in [9.17, 15) is 13.2 Å². The molecule has 3 fully saturated rings. The average molecular weight is 519 g/mol. The third kappa shape index (κ3) is 5.17. The monoisotopic (exact) mass is 518 g/mol. The van der Waals surface area contributed by atoms with Gasteiger partial charge >= 0.3 is 5.97 Å². The number of carbonyl (C=O) groups excluding carboxylic acids is 1. The first kappa shape index (κ1) is 24.9. The highest BCUT2D eigenvalue weighted by atomic mass is 32.2. The Morgan fingerprint density at radius 3 is 2.50 bits per heavy atom. The molecule has 12 heteroatoms. The van der Waals surface area contributed by atoms with Crippen molar-refractivity contribution in [3.05, 3.63) is 42.1 Å². The van der Waals surface area contributed by atoms with Crippen molar-refractivity contribution in [2.24, 2.45) is 0 Å². The number of piperidine rings is 1. The maximum absolute atomic E-state index is 13.1. The fourth-order valence-electron chi connectivity index (χ4n) is 4.88. The van der Waals surface area contributed by atoms with Crippen LogP contribution in [0.2, 0.25) is 0 Å². The van der Waals surface area contributed by atoms with Crippen molar-refractivity contribution in [1.29, 1.82) is 0 Å². The number of anilines is 1. The molecule has 3 aliphatic rings. The smallest absolute Gasteiger partial charge is 0.303 e. The number of aromatic nitrogens is 2. The number of fused-ring (bicyclic) bond motifs is 1. The van der Waals surface area contributed by atoms with Crippen LogP contribution in [0.5, 0.6) is 5.88 Å². The molecule has 11 nitrogen and oxygen atoms in total. The van der Waals surface area contributed by atoms with Crippen molar-refractivity contribution >= 4 is 21.9 Å². The highest BCUT2D eigenvalue weighted by Crippen LogP contribution is 2.31. The second-order valence-electron chi connectivity index (χ2n) is 9.21. The molecule has 3 saturated heterocycles. The summed E-state index contributed by atoms with van der Waals surface area (Å²) in [5.41, 5.74) is 0.742. The van der Waals surface area contributed by atoms with Gasteiger partial charge in [-0.2, -0.15) is 9.29 Å². The Balaban J connectivity index is 1.16. The molecule has 1 aromatic heterocycles. The van der Waals surface area contributed by atoms with Crippen LogP contribution in [0, 0.1) is 6.92 Å². The number of nitrogens with zero attached hydrogens (tertiary/aromatic N) is 3. The largest absolute Gasteiger partial charge is 0.469 e. The molecule has 1 aromatic carbocycles. The van der Waals surface area contributed by atoms with Crippen LogP contribution in [-0.4, -0.2) is 85.4 Å². The highest BCUT2D eigenvalue weighted by molar-refractivity contribution is 7.89. The number of ether oxygens (including phenoxy) is 4. The van der Waals surface area contributed by atoms with E-state index < -0.39 is 16.1 Å². The lowest BCUT2D eigenvalue weighted by Crippen LogP contribution is -2.42. The van der Waals surface area contributed by atoms with Gasteiger partial charge < -0.3 is 24.3 Å². The lowest BCUT2D eigenvalue weighted by Gasteiger charge is -2.32. The number of aryl methyl sites for hydroxylation is 1. The maximum atomic E-state index is 13.1. The Bertz CT molecular complexity index is 1200. The molecule has 4 atom stereocenters. The zero-order valence-electron chi connectivity index (χ0n) is 20.2. The van der Waals surface area contributed by atoms with Crippen molar-refractivity contribution in [2.75, 3.05) is 31.6 Å². The van der Waals surface area contributed by atoms with Crippen molar-refractivity contribution in [1.82, 2.24) is 14.3 Å². The van der Waals surface area contributed by atoms with Gasteiger partial charge in [0.1, 0.15) is 12.2 Å². The summed E-state index contributed by atoms with van der Waals surface area (Å²) in [6.07, 6.45) is 1.33. The summed E-state index contributed by atoms with van der Waals surface area (Å²) in [6.45, 7) is 4.56. The van der Waals surface area contributed by atoms with Gasteiger partial charge in [-0.1, -0.05) is 18.2 Å². The molecule has 5 rings (SSSR count). The minimum atomic E-state index is -3.52. The summed E-state index contributed by atoms with van der Waals surface area (Å²) in [6, 6.07) is 8.73. The molecule has 0 bridgehead atoms. The van der Waals surface area contributed by atoms with Crippen LogP contribution >= 0.6 is 0 Å². The van der Waals surface area contributed by atoms with E-state index in [0.717, 1.165) is 5.56 Å². The molecule has 194 valence electrons. The van der Waals surface area contributed by atoms with E-state index in [-0.39, 0.29) is 36.9 Å². The molecule has 0 saturated carbocycles. The summed E-state index contributed by atoms with van der Waals surface area (Å²) < 4.78 is 50.5. The maximum Gasteiger partial charge on any atom is 0.303 e. The standard InChI is InChI=1S/C24H30N4O7S/c1-15-5-3-4-6-20(15)36(30,31)28-11-8-17(9-12-28)26-24-25-10-7-21(27-24)35-19-14-33-22-18(34-16(2)29)13-32-23(19)22/h3-7,10,17-19,22-23H,8-9,11-14H2,1-2H3,(H,25,26,27)/t18-,19-,22+,23+/m0/s1. The summed E-state index contributed by atoms with van der Waals surface area (Å²) >= 11 is 0. The quantitative estimate of drug-likeness (QED) is 0.539. The van der Waals surface area contributed by atoms with Gasteiger partial charge in [0.25, 0.3) is 0 Å². The molecule has 0 spiro atoms. The van der Waals surface area contributed by atoms with E-state index in [2.05, 4.69) is 15.3 Å². The van der Waals surface area contributed by atoms with E-state index in [1.807, 2.05) is 19.1 Å². The van der Waals surface area contributed by atoms with Crippen LogP contribution in [-0.2, 0) is 29.0 Å². The van der Waals surface area contributed by atoms with Crippen LogP contribution in [0.15, 0.2) is 41.4 Å². The molecule has 0 unspecified atom stereocenters. The molecular weight excluding hydrogens is 488 g/mol. The Morgan fingerprint density at radius 1 is 1.08 bits per heavy atom. The topological polar surface area (TPSA) is 129 Å². The number of hydrogen-bond donors (Lipinski definition) is 1. The summed E-state index contributed by atoms with van der Waals surface area (Å²) in [4.78, 5) is 20.4. The van der Waals surface area contributed by atoms with E-state index in [1.54, 1.807) is 24.4 Å². The molecular formula is C24H30N4O7S. The van der Waals surface area contributed by atoms with Gasteiger partial charge in [0, 0.05) is 38.3 Å². The van der Waals surface area contributed by atoms with E-state index in [1.165, 1.54) is 11.2 Å². The molecule has 3 aliphatic heterocycles. The number of rotatable bonds is 7. The highest BCUT2D eigenvalue weighted by Gasteiger charge is 2.50. The minimum absolute atomic E-state index is 0.0328. The first-order valence-corrected chi connectivity index (χ1v) is 13.5. The molecule has 0 radical (unpaired) electrons. The Hall–Kier alpha value is -2.80. The fourth-order valence-corrected chi connectivity index (χ4v) is 6.58. The van der Waals surface area contributed by atoms with E-state index in [0.29, 0.717) is 49.3 Å². The molecule has 1 N–H and O–H groups in total. The summed E-state index contributed by atoms with van der Waals surface area (Å²) in [5.74, 6) is 0.413. The normalized spacial score (nSPS) is 26.9. The first-order valence-electron chi connectivity index (χ1n) is 12.0. The van der Waals surface area contributed by atoms with E-state index >= 15 is 0 Å². The van der Waals surface area contributed by atoms with Gasteiger partial charge in [-0.05, 0) is 31.4 Å². The van der Waals surface area contributed by atoms with Gasteiger partial charge in [0.15, 0.2) is 12.2 Å². The molecule has 0 aliphatic carbocycles. The van der Waals surface area contributed by atoms with Crippen LogP contribution in [0.1, 0.15) is 25.3 Å². The number of esters is 1. The van der Waals surface area contributed by atoms with Crippen LogP contribution in [0.3, 0.4) is 0 Å². The molecule has 4 heterocycles. The number of benzene rings is 1. The van der Waals surface area contributed by atoms with Crippen LogP contribution < -0.4 is 10.1 Å². The van der Waals surface area contributed by atoms with Crippen molar-refractivity contribution in [3.63, 3.8) is 0 Å². The van der Waals surface area contributed by atoms with Gasteiger partial charge in [-0.25, -0.2) is 13.4 Å². The molecule has 0 amide bonds. The van der Waals surface area contributed by atoms with Gasteiger partial charge in [0.05, 0.1) is 18.1 Å². The van der Waals surface area contributed by atoms with Crippen molar-refractivity contribution in [2.45, 2.75) is 62.0 Å². The van der Waals surface area contributed by atoms with Crippen molar-refractivity contribution in [3.8, 4) is 5.88 Å².